The number of aliphatic carboxylic acids is 1. The summed E-state index contributed by atoms with van der Waals surface area (Å²) in [5.41, 5.74) is 0.733. The van der Waals surface area contributed by atoms with Crippen LogP contribution in [0, 0.1) is 5.92 Å². The van der Waals surface area contributed by atoms with Crippen molar-refractivity contribution in [3.05, 3.63) is 36.4 Å². The lowest BCUT2D eigenvalue weighted by molar-refractivity contribution is -0.139. The molecule has 126 valence electrons. The van der Waals surface area contributed by atoms with Gasteiger partial charge in [-0.2, -0.15) is 11.8 Å². The maximum atomic E-state index is 12.5. The molecule has 1 fully saturated rings. The number of carbonyl (C=O) groups is 2. The summed E-state index contributed by atoms with van der Waals surface area (Å²) < 4.78 is 5.34. The molecule has 1 saturated heterocycles. The molecule has 6 heteroatoms. The van der Waals surface area contributed by atoms with E-state index < -0.39 is 12.6 Å². The van der Waals surface area contributed by atoms with Crippen LogP contribution in [0.1, 0.15) is 12.8 Å². The summed E-state index contributed by atoms with van der Waals surface area (Å²) in [6.45, 7) is -0.393. The molecule has 0 saturated carbocycles. The lowest BCUT2D eigenvalue weighted by Gasteiger charge is -2.21. The Balaban J connectivity index is 1.84. The Labute approximate surface area is 144 Å². The normalized spacial score (nSPS) is 15.2. The zero-order valence-corrected chi connectivity index (χ0v) is 14.0. The number of thioether (sulfide) groups is 1. The number of carbonyl (C=O) groups excluding carboxylic acids is 1. The van der Waals surface area contributed by atoms with Crippen LogP contribution >= 0.6 is 11.8 Å². The number of hydrogen-bond acceptors (Lipinski definition) is 4. The van der Waals surface area contributed by atoms with Crippen molar-refractivity contribution in [3.8, 4) is 5.75 Å². The van der Waals surface area contributed by atoms with Crippen molar-refractivity contribution in [1.82, 2.24) is 0 Å². The first-order chi connectivity index (χ1) is 11.6. The average Bonchev–Trinajstić information content (AvgIpc) is 2.61. The number of anilines is 1. The molecule has 0 atom stereocenters. The number of carboxylic acids is 1. The van der Waals surface area contributed by atoms with E-state index in [0.717, 1.165) is 40.8 Å². The van der Waals surface area contributed by atoms with Crippen molar-refractivity contribution in [2.24, 2.45) is 5.92 Å². The fourth-order valence-corrected chi connectivity index (χ4v) is 3.95. The van der Waals surface area contributed by atoms with E-state index >= 15 is 0 Å². The summed E-state index contributed by atoms with van der Waals surface area (Å²) in [5, 5.41) is 13.4. The van der Waals surface area contributed by atoms with Gasteiger partial charge >= 0.3 is 5.97 Å². The fourth-order valence-electron chi connectivity index (χ4n) is 2.84. The number of amides is 1. The molecule has 0 spiro atoms. The van der Waals surface area contributed by atoms with E-state index in [0.29, 0.717) is 5.75 Å². The second-order valence-corrected chi connectivity index (χ2v) is 6.94. The number of nitrogens with one attached hydrogen (secondary N) is 1. The molecule has 24 heavy (non-hydrogen) atoms. The second kappa shape index (κ2) is 7.57. The highest BCUT2D eigenvalue weighted by Gasteiger charge is 2.22. The average molecular weight is 345 g/mol. The van der Waals surface area contributed by atoms with Crippen LogP contribution in [0.2, 0.25) is 0 Å². The molecular formula is C18H19NO4S. The van der Waals surface area contributed by atoms with Gasteiger partial charge in [0.15, 0.2) is 6.61 Å². The van der Waals surface area contributed by atoms with Crippen LogP contribution < -0.4 is 10.1 Å². The van der Waals surface area contributed by atoms with Crippen LogP contribution in [0.15, 0.2) is 36.4 Å². The SMILES string of the molecule is O=C(O)COc1ccc(NC(=O)C2CCSCC2)c2ccccc12. The highest BCUT2D eigenvalue weighted by Crippen LogP contribution is 2.32. The van der Waals surface area contributed by atoms with Crippen molar-refractivity contribution in [2.75, 3.05) is 23.4 Å². The number of fused-ring (bicyclic) bond motifs is 1. The van der Waals surface area contributed by atoms with Crippen molar-refractivity contribution >= 4 is 40.1 Å². The first-order valence-corrected chi connectivity index (χ1v) is 9.05. The molecule has 0 aliphatic carbocycles. The van der Waals surface area contributed by atoms with Gasteiger partial charge in [-0.3, -0.25) is 4.79 Å². The Hall–Kier alpha value is -2.21. The molecule has 2 aromatic carbocycles. The van der Waals surface area contributed by atoms with Gasteiger partial charge in [-0.05, 0) is 36.5 Å². The van der Waals surface area contributed by atoms with Crippen LogP contribution in [-0.4, -0.2) is 35.1 Å². The van der Waals surface area contributed by atoms with E-state index in [1.807, 2.05) is 36.0 Å². The van der Waals surface area contributed by atoms with Crippen LogP contribution in [-0.2, 0) is 9.59 Å². The minimum atomic E-state index is -1.02. The van der Waals surface area contributed by atoms with Crippen LogP contribution in [0.25, 0.3) is 10.8 Å². The van der Waals surface area contributed by atoms with E-state index in [1.54, 1.807) is 12.1 Å². The Kier molecular flexibility index (Phi) is 5.25. The molecule has 0 radical (unpaired) electrons. The molecule has 1 aliphatic rings. The minimum absolute atomic E-state index is 0.0552. The number of rotatable bonds is 5. The topological polar surface area (TPSA) is 75.6 Å². The Bertz CT molecular complexity index is 756. The molecule has 2 aromatic rings. The lowest BCUT2D eigenvalue weighted by atomic mass is 10.0. The maximum Gasteiger partial charge on any atom is 0.341 e. The van der Waals surface area contributed by atoms with Gasteiger partial charge in [0.1, 0.15) is 5.75 Å². The molecule has 1 amide bonds. The standard InChI is InChI=1S/C18H19NO4S/c20-17(21)11-23-16-6-5-15(13-3-1-2-4-14(13)16)19-18(22)12-7-9-24-10-8-12/h1-6,12H,7-11H2,(H,19,22)(H,20,21). The molecule has 5 nitrogen and oxygen atoms in total. The van der Waals surface area contributed by atoms with Crippen molar-refractivity contribution in [3.63, 3.8) is 0 Å². The van der Waals surface area contributed by atoms with Crippen molar-refractivity contribution < 1.29 is 19.4 Å². The minimum Gasteiger partial charge on any atom is -0.481 e. The summed E-state index contributed by atoms with van der Waals surface area (Å²) in [5.74, 6) is 1.65. The van der Waals surface area contributed by atoms with E-state index in [2.05, 4.69) is 5.32 Å². The molecule has 1 aliphatic heterocycles. The van der Waals surface area contributed by atoms with Gasteiger partial charge in [-0.15, -0.1) is 0 Å². The van der Waals surface area contributed by atoms with Gasteiger partial charge < -0.3 is 15.2 Å². The van der Waals surface area contributed by atoms with Gasteiger partial charge in [-0.1, -0.05) is 24.3 Å². The maximum absolute atomic E-state index is 12.5. The third-order valence-corrected chi connectivity index (χ3v) is 5.13. The van der Waals surface area contributed by atoms with E-state index in [1.165, 1.54) is 0 Å². The van der Waals surface area contributed by atoms with Crippen molar-refractivity contribution in [1.29, 1.82) is 0 Å². The molecule has 2 N–H and O–H groups in total. The largest absolute Gasteiger partial charge is 0.481 e. The molecule has 1 heterocycles. The van der Waals surface area contributed by atoms with Gasteiger partial charge in [0.25, 0.3) is 0 Å². The lowest BCUT2D eigenvalue weighted by Crippen LogP contribution is -2.26. The van der Waals surface area contributed by atoms with E-state index in [9.17, 15) is 9.59 Å². The number of carboxylic acid groups (broad SMARTS) is 1. The highest BCUT2D eigenvalue weighted by atomic mass is 32.2. The molecule has 0 aromatic heterocycles. The third kappa shape index (κ3) is 3.82. The van der Waals surface area contributed by atoms with Crippen LogP contribution in [0.5, 0.6) is 5.75 Å². The fraction of sp³-hybridized carbons (Fsp3) is 0.333. The Morgan fingerprint density at radius 3 is 2.54 bits per heavy atom. The zero-order chi connectivity index (χ0) is 16.9. The Morgan fingerprint density at radius 2 is 1.83 bits per heavy atom. The van der Waals surface area contributed by atoms with E-state index in [4.69, 9.17) is 9.84 Å². The number of ether oxygens (including phenoxy) is 1. The summed E-state index contributed by atoms with van der Waals surface area (Å²) in [7, 11) is 0. The van der Waals surface area contributed by atoms with E-state index in [-0.39, 0.29) is 11.8 Å². The van der Waals surface area contributed by atoms with Crippen LogP contribution in [0.3, 0.4) is 0 Å². The predicted molar refractivity (Wildman–Crippen MR) is 95.8 cm³/mol. The second-order valence-electron chi connectivity index (χ2n) is 5.72. The number of benzene rings is 2. The van der Waals surface area contributed by atoms with Gasteiger partial charge in [0, 0.05) is 22.4 Å². The third-order valence-electron chi connectivity index (χ3n) is 4.09. The van der Waals surface area contributed by atoms with Crippen LogP contribution in [0.4, 0.5) is 5.69 Å². The smallest absolute Gasteiger partial charge is 0.341 e. The summed E-state index contributed by atoms with van der Waals surface area (Å²) in [6, 6.07) is 11.0. The Morgan fingerprint density at radius 1 is 1.12 bits per heavy atom. The molecular weight excluding hydrogens is 326 g/mol. The highest BCUT2D eigenvalue weighted by molar-refractivity contribution is 7.99. The quantitative estimate of drug-likeness (QED) is 0.869. The zero-order valence-electron chi connectivity index (χ0n) is 13.2. The first-order valence-electron chi connectivity index (χ1n) is 7.90. The molecule has 3 rings (SSSR count). The molecule has 0 bridgehead atoms. The summed E-state index contributed by atoms with van der Waals surface area (Å²) in [6.07, 6.45) is 1.82. The summed E-state index contributed by atoms with van der Waals surface area (Å²) >= 11 is 1.89. The van der Waals surface area contributed by atoms with Gasteiger partial charge in [0.2, 0.25) is 5.91 Å². The first kappa shape index (κ1) is 16.6. The number of hydrogen-bond donors (Lipinski definition) is 2. The van der Waals surface area contributed by atoms with Crippen molar-refractivity contribution in [2.45, 2.75) is 12.8 Å². The summed E-state index contributed by atoms with van der Waals surface area (Å²) in [4.78, 5) is 23.2. The molecule has 0 unspecified atom stereocenters. The van der Waals surface area contributed by atoms with Gasteiger partial charge in [0.05, 0.1) is 0 Å². The van der Waals surface area contributed by atoms with Gasteiger partial charge in [-0.25, -0.2) is 4.79 Å². The predicted octanol–water partition coefficient (Wildman–Crippen LogP) is 3.38. The monoisotopic (exact) mass is 345 g/mol.